The molecule has 0 spiro atoms. The summed E-state index contributed by atoms with van der Waals surface area (Å²) >= 11 is 0. The highest BCUT2D eigenvalue weighted by Crippen LogP contribution is 2.21. The van der Waals surface area contributed by atoms with Gasteiger partial charge in [-0.15, -0.1) is 0 Å². The number of anilines is 1. The van der Waals surface area contributed by atoms with Crippen LogP contribution in [-0.4, -0.2) is 11.8 Å². The van der Waals surface area contributed by atoms with E-state index in [1.165, 1.54) is 17.1 Å². The Hall–Kier alpha value is -2.56. The summed E-state index contributed by atoms with van der Waals surface area (Å²) in [4.78, 5) is 6.91. The van der Waals surface area contributed by atoms with E-state index in [0.29, 0.717) is 0 Å². The fourth-order valence-corrected chi connectivity index (χ4v) is 3.58. The van der Waals surface area contributed by atoms with Crippen LogP contribution >= 0.6 is 0 Å². The number of fused-ring (bicyclic) bond motifs is 3. The van der Waals surface area contributed by atoms with Crippen LogP contribution in [0.2, 0.25) is 6.82 Å². The van der Waals surface area contributed by atoms with E-state index in [4.69, 9.17) is 4.42 Å². The highest BCUT2D eigenvalue weighted by molar-refractivity contribution is 6.77. The predicted octanol–water partition coefficient (Wildman–Crippen LogP) is 1.86. The van der Waals surface area contributed by atoms with Gasteiger partial charge in [-0.3, -0.25) is 4.81 Å². The van der Waals surface area contributed by atoms with Crippen LogP contribution in [0.3, 0.4) is 0 Å². The van der Waals surface area contributed by atoms with E-state index >= 15 is 0 Å². The molecule has 0 saturated heterocycles. The molecule has 0 saturated carbocycles. The number of aryl methyl sites for hydroxylation is 3. The van der Waals surface area contributed by atoms with Gasteiger partial charge >= 0.3 is 6.85 Å². The quantitative estimate of drug-likeness (QED) is 0.507. The molecule has 0 aromatic carbocycles. The van der Waals surface area contributed by atoms with Crippen LogP contribution < -0.4 is 20.0 Å². The van der Waals surface area contributed by atoms with Crippen molar-refractivity contribution in [3.8, 4) is 0 Å². The van der Waals surface area contributed by atoms with Gasteiger partial charge in [-0.05, 0) is 57.3 Å². The largest absolute Gasteiger partial charge is 0.439 e. The van der Waals surface area contributed by atoms with Crippen molar-refractivity contribution in [2.24, 2.45) is 7.05 Å². The van der Waals surface area contributed by atoms with Gasteiger partial charge in [0, 0.05) is 11.8 Å². The molecule has 0 aliphatic carbocycles. The zero-order chi connectivity index (χ0) is 17.0. The lowest BCUT2D eigenvalue weighted by molar-refractivity contribution is -0.658. The maximum absolute atomic E-state index is 6.03. The molecule has 0 amide bonds. The van der Waals surface area contributed by atoms with Gasteiger partial charge < -0.3 is 4.42 Å². The first-order chi connectivity index (χ1) is 11.5. The number of hydrogen-bond donors (Lipinski definition) is 0. The average molecular weight is 318 g/mol. The van der Waals surface area contributed by atoms with Crippen molar-refractivity contribution in [3.63, 3.8) is 0 Å². The number of aromatic nitrogens is 2. The standard InChI is InChI=1S/C19H21BN3O/c1-12-8-9-22(5)17(10-12)23-14(3)18-15-7-6-13(2)21-19(15)24-16(18)11-20(23)4/h6-11H,1-5H3/q+1. The number of nitrogens with zero attached hydrogens (tertiary/aromatic N) is 3. The molecule has 5 heteroatoms. The summed E-state index contributed by atoms with van der Waals surface area (Å²) in [5, 5.41) is 2.23. The molecule has 0 radical (unpaired) electrons. The summed E-state index contributed by atoms with van der Waals surface area (Å²) < 4.78 is 8.19. The highest BCUT2D eigenvalue weighted by Gasteiger charge is 2.33. The predicted molar refractivity (Wildman–Crippen MR) is 98.0 cm³/mol. The lowest BCUT2D eigenvalue weighted by Crippen LogP contribution is -2.50. The van der Waals surface area contributed by atoms with Crippen LogP contribution in [0, 0.1) is 13.8 Å². The first kappa shape index (κ1) is 15.0. The first-order valence-electron chi connectivity index (χ1n) is 8.30. The van der Waals surface area contributed by atoms with Gasteiger partial charge in [0.2, 0.25) is 5.71 Å². The summed E-state index contributed by atoms with van der Waals surface area (Å²) in [5.41, 5.74) is 5.08. The zero-order valence-electron chi connectivity index (χ0n) is 14.8. The third-order valence-corrected chi connectivity index (χ3v) is 4.77. The molecule has 24 heavy (non-hydrogen) atoms. The second kappa shape index (κ2) is 5.23. The molecule has 4 rings (SSSR count). The Morgan fingerprint density at radius 1 is 1.17 bits per heavy atom. The van der Waals surface area contributed by atoms with Crippen LogP contribution in [0.15, 0.2) is 34.9 Å². The number of rotatable bonds is 1. The summed E-state index contributed by atoms with van der Waals surface area (Å²) in [6.45, 7) is 8.69. The second-order valence-corrected chi connectivity index (χ2v) is 6.68. The Kier molecular flexibility index (Phi) is 3.27. The van der Waals surface area contributed by atoms with Crippen molar-refractivity contribution in [3.05, 3.63) is 52.4 Å². The molecular formula is C19H21BN3O+. The Bertz CT molecular complexity index is 1080. The Morgan fingerprint density at radius 3 is 2.75 bits per heavy atom. The smallest absolute Gasteiger partial charge is 0.405 e. The van der Waals surface area contributed by atoms with E-state index in [9.17, 15) is 0 Å². The summed E-state index contributed by atoms with van der Waals surface area (Å²) in [7, 11) is 2.09. The molecule has 3 aromatic heterocycles. The van der Waals surface area contributed by atoms with Crippen molar-refractivity contribution in [1.82, 2.24) is 4.98 Å². The molecule has 0 fully saturated rings. The molecular weight excluding hydrogens is 297 g/mol. The molecule has 4 nitrogen and oxygen atoms in total. The minimum Gasteiger partial charge on any atom is -0.439 e. The monoisotopic (exact) mass is 318 g/mol. The van der Waals surface area contributed by atoms with Crippen molar-refractivity contribution < 1.29 is 8.98 Å². The topological polar surface area (TPSA) is 33.2 Å². The molecule has 4 heterocycles. The normalized spacial score (nSPS) is 14.1. The lowest BCUT2D eigenvalue weighted by Gasteiger charge is -2.23. The van der Waals surface area contributed by atoms with E-state index in [0.717, 1.165) is 27.4 Å². The maximum Gasteiger partial charge on any atom is 0.405 e. The molecule has 120 valence electrons. The van der Waals surface area contributed by atoms with E-state index in [1.807, 2.05) is 13.0 Å². The van der Waals surface area contributed by atoms with Gasteiger partial charge in [-0.1, -0.05) is 0 Å². The molecule has 0 unspecified atom stereocenters. The van der Waals surface area contributed by atoms with Crippen molar-refractivity contribution in [2.75, 3.05) is 4.81 Å². The van der Waals surface area contributed by atoms with Crippen molar-refractivity contribution in [1.29, 1.82) is 0 Å². The third kappa shape index (κ3) is 2.15. The van der Waals surface area contributed by atoms with Gasteiger partial charge in [-0.25, -0.2) is 9.55 Å². The van der Waals surface area contributed by atoms with E-state index in [-0.39, 0.29) is 6.85 Å². The Morgan fingerprint density at radius 2 is 1.96 bits per heavy atom. The van der Waals surface area contributed by atoms with Crippen LogP contribution in [-0.2, 0) is 7.05 Å². The van der Waals surface area contributed by atoms with Crippen molar-refractivity contribution >= 4 is 35.4 Å². The van der Waals surface area contributed by atoms with Crippen LogP contribution in [0.5, 0.6) is 0 Å². The molecule has 1 aliphatic heterocycles. The molecule has 0 bridgehead atoms. The van der Waals surface area contributed by atoms with Gasteiger partial charge in [0.15, 0.2) is 0 Å². The summed E-state index contributed by atoms with van der Waals surface area (Å²) in [6, 6.07) is 8.51. The number of furan rings is 1. The van der Waals surface area contributed by atoms with E-state index < -0.39 is 0 Å². The number of hydrogen-bond acceptors (Lipinski definition) is 3. The average Bonchev–Trinajstić information content (AvgIpc) is 2.87. The minimum atomic E-state index is 0.215. The van der Waals surface area contributed by atoms with Gasteiger partial charge in [0.1, 0.15) is 5.42 Å². The molecule has 0 atom stereocenters. The van der Waals surface area contributed by atoms with Gasteiger partial charge in [0.25, 0.3) is 5.82 Å². The molecule has 0 N–H and O–H groups in total. The fraction of sp³-hybridized carbons (Fsp3) is 0.263. The van der Waals surface area contributed by atoms with Gasteiger partial charge in [-0.2, -0.15) is 0 Å². The molecule has 3 aromatic rings. The Labute approximate surface area is 141 Å². The van der Waals surface area contributed by atoms with Crippen LogP contribution in [0.25, 0.3) is 22.8 Å². The molecule has 1 aliphatic rings. The lowest BCUT2D eigenvalue weighted by atomic mass is 9.61. The first-order valence-corrected chi connectivity index (χ1v) is 8.30. The zero-order valence-corrected chi connectivity index (χ0v) is 14.8. The fourth-order valence-electron chi connectivity index (χ4n) is 3.58. The summed E-state index contributed by atoms with van der Waals surface area (Å²) in [5.74, 6) is 3.36. The minimum absolute atomic E-state index is 0.215. The SMILES string of the molecule is CB1C=c2oc3nc(C)ccc3c2=C(C)N1c1cc(C)cc[n+]1C. The van der Waals surface area contributed by atoms with Crippen LogP contribution in [0.1, 0.15) is 18.2 Å². The van der Waals surface area contributed by atoms with Crippen LogP contribution in [0.4, 0.5) is 5.82 Å². The maximum atomic E-state index is 6.03. The second-order valence-electron chi connectivity index (χ2n) is 6.68. The van der Waals surface area contributed by atoms with E-state index in [2.05, 4.69) is 72.5 Å². The van der Waals surface area contributed by atoms with Gasteiger partial charge in [0.05, 0.1) is 29.5 Å². The number of pyridine rings is 2. The highest BCUT2D eigenvalue weighted by atomic mass is 16.3. The van der Waals surface area contributed by atoms with Crippen molar-refractivity contribution in [2.45, 2.75) is 27.6 Å². The third-order valence-electron chi connectivity index (χ3n) is 4.77. The summed E-state index contributed by atoms with van der Waals surface area (Å²) in [6.07, 6.45) is 2.11. The Balaban J connectivity index is 2.05. The van der Waals surface area contributed by atoms with E-state index in [1.54, 1.807) is 0 Å².